The maximum Gasteiger partial charge on any atom is 0.420 e. The molecule has 0 radical (unpaired) electrons. The molecule has 4 aromatic rings. The monoisotopic (exact) mass is 571 g/mol. The molecule has 2 fully saturated rings. The Kier molecular flexibility index (Phi) is 6.29. The van der Waals surface area contributed by atoms with Crippen LogP contribution in [0.3, 0.4) is 0 Å². The molecule has 2 aliphatic rings. The number of amides is 1. The van der Waals surface area contributed by atoms with Crippen molar-refractivity contribution < 1.29 is 31.5 Å². The second kappa shape index (κ2) is 9.51. The normalized spacial score (nSPS) is 21.6. The number of carbonyl (C=O) groups excluding carboxylic acids is 1. The number of fused-ring (bicyclic) bond motifs is 2. The summed E-state index contributed by atoms with van der Waals surface area (Å²) < 4.78 is 75.7. The lowest BCUT2D eigenvalue weighted by Crippen LogP contribution is -2.35. The van der Waals surface area contributed by atoms with Gasteiger partial charge in [0.05, 0.1) is 28.1 Å². The number of hydrogen-bond donors (Lipinski definition) is 1. The lowest BCUT2D eigenvalue weighted by atomic mass is 9.94. The molecule has 3 aromatic heterocycles. The van der Waals surface area contributed by atoms with E-state index < -0.39 is 35.7 Å². The molecule has 6 rings (SSSR count). The number of hydrogen-bond acceptors (Lipinski definition) is 5. The standard InChI is InChI=1S/C29H26F5N5O2/c1-15-10-38-11-17(7-22(26(38)36-15)29(32,33)34)27(40)39-12-20-21(13-39)25(20)41-24-9-18(28(2,35)14-30)8-23(37-24)16-3-5-19(31)6-4-16/h3-11,20-21,25H,12-14,35H2,1-2H3/t20-,21+,25?,28?. The van der Waals surface area contributed by atoms with Gasteiger partial charge in [-0.25, -0.2) is 18.7 Å². The van der Waals surface area contributed by atoms with Crippen molar-refractivity contribution in [3.05, 3.63) is 83.1 Å². The third-order valence-electron chi connectivity index (χ3n) is 7.76. The number of pyridine rings is 2. The minimum absolute atomic E-state index is 0.0366. The van der Waals surface area contributed by atoms with E-state index in [9.17, 15) is 26.7 Å². The molecule has 214 valence electrons. The Hall–Kier alpha value is -4.06. The summed E-state index contributed by atoms with van der Waals surface area (Å²) in [5.74, 6) is -0.764. The van der Waals surface area contributed by atoms with E-state index in [1.807, 2.05) is 0 Å². The molecule has 1 saturated heterocycles. The molecule has 0 bridgehead atoms. The predicted molar refractivity (Wildman–Crippen MR) is 139 cm³/mol. The number of piperidine rings is 1. The van der Waals surface area contributed by atoms with Crippen LogP contribution in [-0.2, 0) is 11.7 Å². The first-order chi connectivity index (χ1) is 19.3. The maximum absolute atomic E-state index is 13.7. The van der Waals surface area contributed by atoms with E-state index in [1.165, 1.54) is 33.8 Å². The van der Waals surface area contributed by atoms with Crippen LogP contribution in [0.5, 0.6) is 5.88 Å². The van der Waals surface area contributed by atoms with Gasteiger partial charge in [0.15, 0.2) is 0 Å². The largest absolute Gasteiger partial charge is 0.474 e. The summed E-state index contributed by atoms with van der Waals surface area (Å²) in [7, 11) is 0. The zero-order chi connectivity index (χ0) is 29.3. The van der Waals surface area contributed by atoms with Crippen molar-refractivity contribution in [2.75, 3.05) is 19.8 Å². The van der Waals surface area contributed by atoms with Gasteiger partial charge in [0, 0.05) is 48.9 Å². The smallest absolute Gasteiger partial charge is 0.420 e. The zero-order valence-electron chi connectivity index (χ0n) is 22.1. The SMILES string of the molecule is Cc1cn2cc(C(=O)N3C[C@@H]4C(Oc5cc(C(C)(N)CF)cc(-c6ccc(F)cc6)n5)[C@@H]4C3)cc(C(F)(F)F)c2n1. The van der Waals surface area contributed by atoms with E-state index >= 15 is 0 Å². The Labute approximate surface area is 231 Å². The summed E-state index contributed by atoms with van der Waals surface area (Å²) in [5.41, 5.74) is 5.47. The van der Waals surface area contributed by atoms with Crippen molar-refractivity contribution >= 4 is 11.6 Å². The predicted octanol–water partition coefficient (Wildman–Crippen LogP) is 5.16. The number of aromatic nitrogens is 3. The second-order valence-corrected chi connectivity index (χ2v) is 11.0. The number of likely N-dealkylation sites (tertiary alicyclic amines) is 1. The zero-order valence-corrected chi connectivity index (χ0v) is 22.1. The fourth-order valence-electron chi connectivity index (χ4n) is 5.42. The molecule has 2 unspecified atom stereocenters. The Morgan fingerprint density at radius 1 is 1.07 bits per heavy atom. The summed E-state index contributed by atoms with van der Waals surface area (Å²) in [4.78, 5) is 23.2. The number of rotatable bonds is 6. The number of nitrogens with zero attached hydrogens (tertiary/aromatic N) is 4. The van der Waals surface area contributed by atoms with Crippen LogP contribution in [0.4, 0.5) is 22.0 Å². The molecule has 4 heterocycles. The molecule has 1 aliphatic heterocycles. The Morgan fingerprint density at radius 2 is 1.76 bits per heavy atom. The van der Waals surface area contributed by atoms with Crippen molar-refractivity contribution in [3.8, 4) is 17.1 Å². The molecule has 41 heavy (non-hydrogen) atoms. The second-order valence-electron chi connectivity index (χ2n) is 11.0. The molecular formula is C29H26F5N5O2. The van der Waals surface area contributed by atoms with Crippen LogP contribution >= 0.6 is 0 Å². The Balaban J connectivity index is 1.20. The van der Waals surface area contributed by atoms with E-state index in [0.717, 1.165) is 6.07 Å². The number of carbonyl (C=O) groups is 1. The van der Waals surface area contributed by atoms with Crippen molar-refractivity contribution in [2.24, 2.45) is 17.6 Å². The van der Waals surface area contributed by atoms with Gasteiger partial charge in [-0.15, -0.1) is 0 Å². The van der Waals surface area contributed by atoms with Crippen molar-refractivity contribution in [3.63, 3.8) is 0 Å². The van der Waals surface area contributed by atoms with Gasteiger partial charge in [-0.2, -0.15) is 13.2 Å². The molecule has 12 heteroatoms. The summed E-state index contributed by atoms with van der Waals surface area (Å²) in [6.45, 7) is 2.91. The molecule has 4 atom stereocenters. The summed E-state index contributed by atoms with van der Waals surface area (Å²) >= 11 is 0. The highest BCUT2D eigenvalue weighted by Crippen LogP contribution is 2.48. The molecule has 1 saturated carbocycles. The highest BCUT2D eigenvalue weighted by Gasteiger charge is 2.59. The van der Waals surface area contributed by atoms with Crippen molar-refractivity contribution in [2.45, 2.75) is 31.7 Å². The quantitative estimate of drug-likeness (QED) is 0.324. The van der Waals surface area contributed by atoms with Crippen LogP contribution in [0, 0.1) is 24.6 Å². The molecular weight excluding hydrogens is 545 g/mol. The number of imidazole rings is 1. The van der Waals surface area contributed by atoms with Crippen LogP contribution in [0.15, 0.2) is 54.9 Å². The number of nitrogens with two attached hydrogens (primary N) is 1. The average molecular weight is 572 g/mol. The van der Waals surface area contributed by atoms with Gasteiger partial charge in [0.1, 0.15) is 24.2 Å². The number of alkyl halides is 4. The van der Waals surface area contributed by atoms with E-state index in [1.54, 1.807) is 38.1 Å². The van der Waals surface area contributed by atoms with Crippen molar-refractivity contribution in [1.82, 2.24) is 19.3 Å². The summed E-state index contributed by atoms with van der Waals surface area (Å²) in [5, 5.41) is 0. The number of halogens is 5. The first-order valence-electron chi connectivity index (χ1n) is 13.0. The molecule has 7 nitrogen and oxygen atoms in total. The lowest BCUT2D eigenvalue weighted by Gasteiger charge is -2.23. The third kappa shape index (κ3) is 5.01. The van der Waals surface area contributed by atoms with Crippen LogP contribution < -0.4 is 10.5 Å². The summed E-state index contributed by atoms with van der Waals surface area (Å²) in [6.07, 6.45) is -2.13. The average Bonchev–Trinajstić information content (AvgIpc) is 3.23. The van der Waals surface area contributed by atoms with Crippen LogP contribution in [-0.4, -0.2) is 51.0 Å². The number of ether oxygens (including phenoxy) is 1. The van der Waals surface area contributed by atoms with Crippen LogP contribution in [0.1, 0.15) is 34.1 Å². The van der Waals surface area contributed by atoms with E-state index in [2.05, 4.69) is 9.97 Å². The van der Waals surface area contributed by atoms with Gasteiger partial charge in [-0.05, 0) is 55.8 Å². The number of aryl methyl sites for hydroxylation is 1. The fraction of sp³-hybridized carbons (Fsp3) is 0.345. The molecule has 0 spiro atoms. The first-order valence-corrected chi connectivity index (χ1v) is 13.0. The summed E-state index contributed by atoms with van der Waals surface area (Å²) in [6, 6.07) is 9.75. The topological polar surface area (TPSA) is 85.8 Å². The lowest BCUT2D eigenvalue weighted by molar-refractivity contribution is -0.136. The van der Waals surface area contributed by atoms with Gasteiger partial charge in [0.2, 0.25) is 5.88 Å². The maximum atomic E-state index is 13.7. The Morgan fingerprint density at radius 3 is 2.39 bits per heavy atom. The molecule has 2 N–H and O–H groups in total. The third-order valence-corrected chi connectivity index (χ3v) is 7.76. The minimum atomic E-state index is -4.67. The minimum Gasteiger partial charge on any atom is -0.474 e. The fourth-order valence-corrected chi connectivity index (χ4v) is 5.42. The molecule has 1 amide bonds. The van der Waals surface area contributed by atoms with E-state index in [-0.39, 0.29) is 35.0 Å². The van der Waals surface area contributed by atoms with Gasteiger partial charge >= 0.3 is 6.18 Å². The van der Waals surface area contributed by atoms with Crippen LogP contribution in [0.25, 0.3) is 16.9 Å². The first kappa shape index (κ1) is 27.1. The number of benzene rings is 1. The van der Waals surface area contributed by atoms with Gasteiger partial charge in [-0.1, -0.05) is 0 Å². The Bertz CT molecular complexity index is 1640. The van der Waals surface area contributed by atoms with Crippen molar-refractivity contribution in [1.29, 1.82) is 0 Å². The van der Waals surface area contributed by atoms with Gasteiger partial charge in [-0.3, -0.25) is 4.79 Å². The highest BCUT2D eigenvalue weighted by atomic mass is 19.4. The van der Waals surface area contributed by atoms with Gasteiger partial charge < -0.3 is 19.8 Å². The molecule has 1 aromatic carbocycles. The highest BCUT2D eigenvalue weighted by molar-refractivity contribution is 5.95. The molecule has 1 aliphatic carbocycles. The van der Waals surface area contributed by atoms with Crippen LogP contribution in [0.2, 0.25) is 0 Å². The van der Waals surface area contributed by atoms with E-state index in [0.29, 0.717) is 35.6 Å². The van der Waals surface area contributed by atoms with E-state index in [4.69, 9.17) is 10.5 Å². The van der Waals surface area contributed by atoms with Gasteiger partial charge in [0.25, 0.3) is 5.91 Å².